The largest absolute Gasteiger partial charge is 0.340 e. The van der Waals surface area contributed by atoms with Crippen LogP contribution in [-0.2, 0) is 9.59 Å². The molecule has 0 spiro atoms. The van der Waals surface area contributed by atoms with Crippen LogP contribution >= 0.6 is 0 Å². The zero-order valence-corrected chi connectivity index (χ0v) is 11.8. The van der Waals surface area contributed by atoms with Gasteiger partial charge in [-0.1, -0.05) is 6.92 Å². The number of carbonyl (C=O) groups excluding carboxylic acids is 2. The molecule has 0 saturated carbocycles. The first-order valence-electron chi connectivity index (χ1n) is 6.49. The number of benzene rings is 1. The van der Waals surface area contributed by atoms with E-state index in [-0.39, 0.29) is 6.42 Å². The Morgan fingerprint density at radius 2 is 1.71 bits per heavy atom. The van der Waals surface area contributed by atoms with Gasteiger partial charge in [-0.3, -0.25) is 14.5 Å². The Bertz CT molecular complexity index is 593. The molecule has 114 valence electrons. The zero-order valence-electron chi connectivity index (χ0n) is 11.8. The summed E-state index contributed by atoms with van der Waals surface area (Å²) in [6.07, 6.45) is 0.171. The molecule has 4 nitrogen and oxygen atoms in total. The number of nitrogens with one attached hydrogen (secondary N) is 1. The van der Waals surface area contributed by atoms with Gasteiger partial charge in [0.25, 0.3) is 5.91 Å². The first-order chi connectivity index (χ1) is 9.69. The second-order valence-corrected chi connectivity index (χ2v) is 5.43. The lowest BCUT2D eigenvalue weighted by Gasteiger charge is -2.42. The summed E-state index contributed by atoms with van der Waals surface area (Å²) >= 11 is 0. The summed E-state index contributed by atoms with van der Waals surface area (Å²) in [6.45, 7) is 4.49. The number of halogens is 3. The molecule has 1 fully saturated rings. The van der Waals surface area contributed by atoms with E-state index in [0.717, 1.165) is 4.90 Å². The first kappa shape index (κ1) is 15.3. The monoisotopic (exact) mass is 300 g/mol. The number of hydrogen-bond donors (Lipinski definition) is 1. The maximum absolute atomic E-state index is 14.0. The maximum atomic E-state index is 14.0. The van der Waals surface area contributed by atoms with Crippen molar-refractivity contribution in [1.82, 2.24) is 5.32 Å². The van der Waals surface area contributed by atoms with Crippen molar-refractivity contribution in [2.75, 3.05) is 4.90 Å². The molecule has 0 aliphatic carbocycles. The second kappa shape index (κ2) is 5.05. The average molecular weight is 300 g/mol. The fourth-order valence-corrected chi connectivity index (χ4v) is 2.39. The minimum Gasteiger partial charge on any atom is -0.340 e. The van der Waals surface area contributed by atoms with Crippen molar-refractivity contribution in [3.8, 4) is 0 Å². The zero-order chi connectivity index (χ0) is 15.9. The normalized spacial score (nSPS) is 21.4. The molecule has 1 heterocycles. The Kier molecular flexibility index (Phi) is 3.69. The summed E-state index contributed by atoms with van der Waals surface area (Å²) in [5, 5.41) is 2.51. The van der Waals surface area contributed by atoms with E-state index in [1.54, 1.807) is 6.92 Å². The van der Waals surface area contributed by atoms with Crippen molar-refractivity contribution < 1.29 is 22.8 Å². The summed E-state index contributed by atoms with van der Waals surface area (Å²) in [5.41, 5.74) is -1.99. The highest BCUT2D eigenvalue weighted by Gasteiger charge is 2.46. The number of nitrogens with zero attached hydrogens (tertiary/aromatic N) is 1. The lowest BCUT2D eigenvalue weighted by molar-refractivity contribution is -0.137. The fourth-order valence-electron chi connectivity index (χ4n) is 2.39. The Balaban J connectivity index is 2.63. The van der Waals surface area contributed by atoms with Crippen LogP contribution in [0.1, 0.15) is 27.2 Å². The van der Waals surface area contributed by atoms with E-state index in [0.29, 0.717) is 12.1 Å². The van der Waals surface area contributed by atoms with Crippen molar-refractivity contribution in [3.05, 3.63) is 29.6 Å². The number of anilines is 1. The van der Waals surface area contributed by atoms with Crippen molar-refractivity contribution in [3.63, 3.8) is 0 Å². The first-order valence-corrected chi connectivity index (χ1v) is 6.49. The van der Waals surface area contributed by atoms with E-state index in [2.05, 4.69) is 5.32 Å². The summed E-state index contributed by atoms with van der Waals surface area (Å²) in [6, 6.07) is -0.0736. The summed E-state index contributed by atoms with van der Waals surface area (Å²) < 4.78 is 40.9. The van der Waals surface area contributed by atoms with Crippen LogP contribution in [0.4, 0.5) is 18.9 Å². The van der Waals surface area contributed by atoms with E-state index in [9.17, 15) is 22.8 Å². The summed E-state index contributed by atoms with van der Waals surface area (Å²) in [5.74, 6) is -4.69. The third-order valence-corrected chi connectivity index (χ3v) is 3.41. The van der Waals surface area contributed by atoms with Crippen LogP contribution in [0.15, 0.2) is 12.1 Å². The third-order valence-electron chi connectivity index (χ3n) is 3.41. The molecule has 21 heavy (non-hydrogen) atoms. The van der Waals surface area contributed by atoms with E-state index in [1.165, 1.54) is 13.8 Å². The number of hydrogen-bond acceptors (Lipinski definition) is 2. The van der Waals surface area contributed by atoms with Crippen LogP contribution in [0.25, 0.3) is 0 Å². The molecule has 1 aliphatic heterocycles. The molecule has 1 N–H and O–H groups in total. The Morgan fingerprint density at radius 1 is 1.19 bits per heavy atom. The number of rotatable bonds is 2. The van der Waals surface area contributed by atoms with Crippen LogP contribution in [0.2, 0.25) is 0 Å². The minimum atomic E-state index is -1.30. The minimum absolute atomic E-state index is 0.171. The molecule has 1 aromatic carbocycles. The summed E-state index contributed by atoms with van der Waals surface area (Å²) in [4.78, 5) is 25.3. The molecule has 7 heteroatoms. The lowest BCUT2D eigenvalue weighted by Crippen LogP contribution is -2.68. The topological polar surface area (TPSA) is 49.4 Å². The molecule has 1 atom stereocenters. The molecule has 1 unspecified atom stereocenters. The fraction of sp³-hybridized carbons (Fsp3) is 0.429. The van der Waals surface area contributed by atoms with Crippen molar-refractivity contribution in [1.29, 1.82) is 0 Å². The van der Waals surface area contributed by atoms with Crippen LogP contribution < -0.4 is 10.2 Å². The highest BCUT2D eigenvalue weighted by molar-refractivity contribution is 6.10. The van der Waals surface area contributed by atoms with E-state index in [1.807, 2.05) is 0 Å². The van der Waals surface area contributed by atoms with Crippen molar-refractivity contribution >= 4 is 17.5 Å². The van der Waals surface area contributed by atoms with Gasteiger partial charge in [-0.05, 0) is 20.3 Å². The molecule has 2 amide bonds. The van der Waals surface area contributed by atoms with Crippen LogP contribution in [-0.4, -0.2) is 23.4 Å². The predicted molar refractivity (Wildman–Crippen MR) is 70.1 cm³/mol. The lowest BCUT2D eigenvalue weighted by atomic mass is 9.95. The van der Waals surface area contributed by atoms with Gasteiger partial charge in [0.1, 0.15) is 23.1 Å². The molecule has 1 aromatic rings. The second-order valence-electron chi connectivity index (χ2n) is 5.43. The van der Waals surface area contributed by atoms with Gasteiger partial charge in [-0.25, -0.2) is 13.2 Å². The molecular formula is C14H15F3N2O2. The molecule has 1 aliphatic rings. The average Bonchev–Trinajstić information content (AvgIpc) is 2.33. The van der Waals surface area contributed by atoms with Crippen LogP contribution in [0.5, 0.6) is 0 Å². The van der Waals surface area contributed by atoms with Gasteiger partial charge in [0, 0.05) is 12.1 Å². The van der Waals surface area contributed by atoms with Gasteiger partial charge in [-0.15, -0.1) is 0 Å². The molecule has 0 radical (unpaired) electrons. The van der Waals surface area contributed by atoms with E-state index < -0.39 is 46.5 Å². The smallest absolute Gasteiger partial charge is 0.253 e. The van der Waals surface area contributed by atoms with E-state index >= 15 is 0 Å². The van der Waals surface area contributed by atoms with Gasteiger partial charge in [0.05, 0.1) is 0 Å². The standard InChI is InChI=1S/C14H15F3N2O2/c1-4-10-12(20)18-14(2,3)13(21)19(10)11-8(16)5-7(15)6-9(11)17/h5-6,10H,4H2,1-3H3,(H,18,20). The van der Waals surface area contributed by atoms with Crippen molar-refractivity contribution in [2.24, 2.45) is 0 Å². The Morgan fingerprint density at radius 3 is 2.19 bits per heavy atom. The highest BCUT2D eigenvalue weighted by Crippen LogP contribution is 2.31. The van der Waals surface area contributed by atoms with Crippen LogP contribution in [0.3, 0.4) is 0 Å². The molecule has 1 saturated heterocycles. The number of amides is 2. The van der Waals surface area contributed by atoms with E-state index in [4.69, 9.17) is 0 Å². The summed E-state index contributed by atoms with van der Waals surface area (Å²) in [7, 11) is 0. The highest BCUT2D eigenvalue weighted by atomic mass is 19.1. The van der Waals surface area contributed by atoms with Gasteiger partial charge < -0.3 is 5.32 Å². The quantitative estimate of drug-likeness (QED) is 0.909. The maximum Gasteiger partial charge on any atom is 0.253 e. The molecule has 0 bridgehead atoms. The molecular weight excluding hydrogens is 285 g/mol. The van der Waals surface area contributed by atoms with Gasteiger partial charge in [0.15, 0.2) is 11.6 Å². The SMILES string of the molecule is CCC1C(=O)NC(C)(C)C(=O)N1c1c(F)cc(F)cc1F. The van der Waals surface area contributed by atoms with Gasteiger partial charge in [-0.2, -0.15) is 0 Å². The number of carbonyl (C=O) groups is 2. The number of piperazine rings is 1. The van der Waals surface area contributed by atoms with Crippen molar-refractivity contribution in [2.45, 2.75) is 38.8 Å². The third kappa shape index (κ3) is 2.48. The van der Waals surface area contributed by atoms with Crippen LogP contribution in [0, 0.1) is 17.5 Å². The Labute approximate surface area is 119 Å². The van der Waals surface area contributed by atoms with Gasteiger partial charge in [0.2, 0.25) is 5.91 Å². The van der Waals surface area contributed by atoms with Gasteiger partial charge >= 0.3 is 0 Å². The Hall–Kier alpha value is -2.05. The molecule has 2 rings (SSSR count). The predicted octanol–water partition coefficient (Wildman–Crippen LogP) is 2.12. The molecule has 0 aromatic heterocycles.